The van der Waals surface area contributed by atoms with E-state index in [2.05, 4.69) is 43.0 Å². The number of rotatable bonds is 3. The summed E-state index contributed by atoms with van der Waals surface area (Å²) in [5, 5.41) is 0. The van der Waals surface area contributed by atoms with Crippen molar-refractivity contribution in [3.05, 3.63) is 35.4 Å². The van der Waals surface area contributed by atoms with Crippen molar-refractivity contribution in [1.29, 1.82) is 0 Å². The third-order valence-corrected chi connectivity index (χ3v) is 3.61. The average molecular weight is 232 g/mol. The van der Waals surface area contributed by atoms with Gasteiger partial charge >= 0.3 is 0 Å². The van der Waals surface area contributed by atoms with E-state index in [0.29, 0.717) is 12.0 Å². The highest BCUT2D eigenvalue weighted by molar-refractivity contribution is 5.23. The molecule has 0 spiro atoms. The van der Waals surface area contributed by atoms with Crippen LogP contribution in [0, 0.1) is 5.41 Å². The van der Waals surface area contributed by atoms with Crippen molar-refractivity contribution in [3.63, 3.8) is 0 Å². The van der Waals surface area contributed by atoms with Crippen molar-refractivity contribution in [2.24, 2.45) is 11.1 Å². The summed E-state index contributed by atoms with van der Waals surface area (Å²) >= 11 is 0. The zero-order valence-electron chi connectivity index (χ0n) is 11.1. The minimum Gasteiger partial charge on any atom is -0.326 e. The predicted molar refractivity (Wildman–Crippen MR) is 72.6 cm³/mol. The maximum Gasteiger partial charge on any atom is 0.0234 e. The molecule has 94 valence electrons. The molecule has 2 heteroatoms. The van der Waals surface area contributed by atoms with Gasteiger partial charge in [0.05, 0.1) is 0 Å². The molecule has 1 aliphatic rings. The Bertz CT molecular complexity index is 371. The molecule has 0 bridgehead atoms. The Labute approximate surface area is 105 Å². The lowest BCUT2D eigenvalue weighted by molar-refractivity contribution is 0.111. The van der Waals surface area contributed by atoms with Crippen molar-refractivity contribution >= 4 is 0 Å². The summed E-state index contributed by atoms with van der Waals surface area (Å²) < 4.78 is 0. The summed E-state index contributed by atoms with van der Waals surface area (Å²) in [4.78, 5) is 2.57. The summed E-state index contributed by atoms with van der Waals surface area (Å²) in [7, 11) is 0. The highest BCUT2D eigenvalue weighted by atomic mass is 15.1. The third-order valence-electron chi connectivity index (χ3n) is 3.61. The van der Waals surface area contributed by atoms with Gasteiger partial charge in [0.15, 0.2) is 0 Å². The molecule has 1 heterocycles. The van der Waals surface area contributed by atoms with Crippen molar-refractivity contribution in [3.8, 4) is 0 Å². The lowest BCUT2D eigenvalue weighted by Crippen LogP contribution is -2.39. The smallest absolute Gasteiger partial charge is 0.0234 e. The van der Waals surface area contributed by atoms with Crippen molar-refractivity contribution in [2.75, 3.05) is 13.1 Å². The van der Waals surface area contributed by atoms with E-state index < -0.39 is 0 Å². The number of piperidine rings is 1. The van der Waals surface area contributed by atoms with Gasteiger partial charge in [0, 0.05) is 19.6 Å². The van der Waals surface area contributed by atoms with Gasteiger partial charge in [-0.2, -0.15) is 0 Å². The number of benzene rings is 1. The summed E-state index contributed by atoms with van der Waals surface area (Å²) in [6.07, 6.45) is 2.68. The van der Waals surface area contributed by atoms with Crippen LogP contribution in [0.15, 0.2) is 24.3 Å². The Morgan fingerprint density at radius 2 is 2.06 bits per heavy atom. The Morgan fingerprint density at radius 1 is 1.29 bits per heavy atom. The average Bonchev–Trinajstić information content (AvgIpc) is 2.28. The molecule has 0 aliphatic carbocycles. The minimum absolute atomic E-state index is 0.476. The van der Waals surface area contributed by atoms with E-state index in [1.165, 1.54) is 37.1 Å². The van der Waals surface area contributed by atoms with Gasteiger partial charge in [0.1, 0.15) is 0 Å². The van der Waals surface area contributed by atoms with Gasteiger partial charge in [-0.3, -0.25) is 4.90 Å². The van der Waals surface area contributed by atoms with E-state index in [1.807, 2.05) is 0 Å². The van der Waals surface area contributed by atoms with Crippen LogP contribution in [0.3, 0.4) is 0 Å². The molecule has 1 saturated heterocycles. The fraction of sp³-hybridized carbons (Fsp3) is 0.600. The van der Waals surface area contributed by atoms with Crippen LogP contribution >= 0.6 is 0 Å². The molecule has 0 unspecified atom stereocenters. The van der Waals surface area contributed by atoms with Crippen LogP contribution in [-0.4, -0.2) is 18.0 Å². The monoisotopic (exact) mass is 232 g/mol. The van der Waals surface area contributed by atoms with Crippen LogP contribution in [-0.2, 0) is 13.1 Å². The molecule has 1 aromatic rings. The number of hydrogen-bond donors (Lipinski definition) is 1. The first-order valence-electron chi connectivity index (χ1n) is 6.59. The van der Waals surface area contributed by atoms with Gasteiger partial charge < -0.3 is 5.73 Å². The first kappa shape index (κ1) is 12.6. The molecule has 2 nitrogen and oxygen atoms in total. The van der Waals surface area contributed by atoms with E-state index in [0.717, 1.165) is 6.54 Å². The molecule has 2 rings (SSSR count). The van der Waals surface area contributed by atoms with E-state index in [9.17, 15) is 0 Å². The zero-order valence-corrected chi connectivity index (χ0v) is 11.1. The van der Waals surface area contributed by atoms with Gasteiger partial charge in [-0.15, -0.1) is 0 Å². The second kappa shape index (κ2) is 5.19. The highest BCUT2D eigenvalue weighted by Gasteiger charge is 2.25. The molecular weight excluding hydrogens is 208 g/mol. The van der Waals surface area contributed by atoms with Gasteiger partial charge in [0.25, 0.3) is 0 Å². The van der Waals surface area contributed by atoms with E-state index in [4.69, 9.17) is 5.73 Å². The van der Waals surface area contributed by atoms with Crippen LogP contribution in [0.1, 0.15) is 37.8 Å². The molecule has 2 N–H and O–H groups in total. The van der Waals surface area contributed by atoms with E-state index >= 15 is 0 Å². The predicted octanol–water partition coefficient (Wildman–Crippen LogP) is 2.77. The topological polar surface area (TPSA) is 29.3 Å². The summed E-state index contributed by atoms with van der Waals surface area (Å²) in [6, 6.07) is 8.67. The van der Waals surface area contributed by atoms with Crippen LogP contribution in [0.2, 0.25) is 0 Å². The van der Waals surface area contributed by atoms with E-state index in [1.54, 1.807) is 0 Å². The first-order valence-corrected chi connectivity index (χ1v) is 6.59. The Kier molecular flexibility index (Phi) is 3.85. The second-order valence-corrected chi connectivity index (χ2v) is 6.00. The summed E-state index contributed by atoms with van der Waals surface area (Å²) in [5.74, 6) is 0. The molecule has 1 aliphatic heterocycles. The fourth-order valence-corrected chi connectivity index (χ4v) is 2.79. The maximum atomic E-state index is 5.68. The van der Waals surface area contributed by atoms with Gasteiger partial charge in [-0.1, -0.05) is 38.1 Å². The number of nitrogens with zero attached hydrogens (tertiary/aromatic N) is 1. The van der Waals surface area contributed by atoms with Gasteiger partial charge in [-0.05, 0) is 35.9 Å². The third kappa shape index (κ3) is 3.55. The molecule has 1 fully saturated rings. The van der Waals surface area contributed by atoms with Crippen LogP contribution in [0.5, 0.6) is 0 Å². The summed E-state index contributed by atoms with van der Waals surface area (Å²) in [5.41, 5.74) is 8.79. The van der Waals surface area contributed by atoms with Gasteiger partial charge in [0.2, 0.25) is 0 Å². The molecule has 0 radical (unpaired) electrons. The van der Waals surface area contributed by atoms with Crippen molar-refractivity contribution < 1.29 is 0 Å². The van der Waals surface area contributed by atoms with Crippen LogP contribution in [0.25, 0.3) is 0 Å². The lowest BCUT2D eigenvalue weighted by Gasteiger charge is -2.38. The molecular formula is C15H24N2. The Balaban J connectivity index is 2.00. The Morgan fingerprint density at radius 3 is 2.76 bits per heavy atom. The lowest BCUT2D eigenvalue weighted by atomic mass is 9.84. The van der Waals surface area contributed by atoms with Crippen LogP contribution in [0.4, 0.5) is 0 Å². The number of nitrogens with two attached hydrogens (primary N) is 1. The van der Waals surface area contributed by atoms with Gasteiger partial charge in [-0.25, -0.2) is 0 Å². The minimum atomic E-state index is 0.476. The van der Waals surface area contributed by atoms with Crippen molar-refractivity contribution in [1.82, 2.24) is 4.90 Å². The largest absolute Gasteiger partial charge is 0.326 e. The van der Waals surface area contributed by atoms with E-state index in [-0.39, 0.29) is 0 Å². The first-order chi connectivity index (χ1) is 8.09. The molecule has 17 heavy (non-hydrogen) atoms. The molecule has 0 aromatic heterocycles. The summed E-state index contributed by atoms with van der Waals surface area (Å²) in [6.45, 7) is 8.89. The number of hydrogen-bond acceptors (Lipinski definition) is 2. The molecule has 0 saturated carbocycles. The molecule has 0 amide bonds. The SMILES string of the molecule is CC1(C)CCCN(Cc2cccc(CN)c2)C1. The Hall–Kier alpha value is -0.860. The molecule has 0 atom stereocenters. The number of likely N-dealkylation sites (tertiary alicyclic amines) is 1. The molecule has 1 aromatic carbocycles. The normalized spacial score (nSPS) is 20.4. The van der Waals surface area contributed by atoms with Crippen molar-refractivity contribution in [2.45, 2.75) is 39.8 Å². The quantitative estimate of drug-likeness (QED) is 0.868. The zero-order chi connectivity index (χ0) is 12.3. The standard InChI is InChI=1S/C15H24N2/c1-15(2)7-4-8-17(12-15)11-14-6-3-5-13(9-14)10-16/h3,5-6,9H,4,7-8,10-12,16H2,1-2H3. The maximum absolute atomic E-state index is 5.68. The fourth-order valence-electron chi connectivity index (χ4n) is 2.79. The second-order valence-electron chi connectivity index (χ2n) is 6.00. The highest BCUT2D eigenvalue weighted by Crippen LogP contribution is 2.29. The van der Waals surface area contributed by atoms with Crippen LogP contribution < -0.4 is 5.73 Å².